The molecule has 0 N–H and O–H groups in total. The largest absolute Gasteiger partial charge is 0.371 e. The van der Waals surface area contributed by atoms with Crippen LogP contribution in [0.1, 0.15) is 52.1 Å². The van der Waals surface area contributed by atoms with Crippen molar-refractivity contribution in [3.05, 3.63) is 17.7 Å². The van der Waals surface area contributed by atoms with E-state index in [0.717, 1.165) is 23.8 Å². The van der Waals surface area contributed by atoms with Crippen molar-refractivity contribution >= 4 is 17.3 Å². The van der Waals surface area contributed by atoms with Gasteiger partial charge >= 0.3 is 0 Å². The van der Waals surface area contributed by atoms with Gasteiger partial charge in [-0.1, -0.05) is 34.6 Å². The maximum absolute atomic E-state index is 6.01. The molecule has 0 saturated heterocycles. The Labute approximate surface area is 116 Å². The standard InChI is InChI=1S/C14H24ClN3/c1-10(2)13-16-8-12(11(7-15)17-13)18(6)9-14(3,4)5/h8,10H,7,9H2,1-6H3. The fourth-order valence-corrected chi connectivity index (χ4v) is 2.11. The summed E-state index contributed by atoms with van der Waals surface area (Å²) in [7, 11) is 2.06. The van der Waals surface area contributed by atoms with Gasteiger partial charge in [-0.3, -0.25) is 0 Å². The SMILES string of the molecule is CC(C)c1ncc(N(C)CC(C)(C)C)c(CCl)n1. The van der Waals surface area contributed by atoms with Crippen molar-refractivity contribution in [2.24, 2.45) is 5.41 Å². The molecule has 0 amide bonds. The summed E-state index contributed by atoms with van der Waals surface area (Å²) in [6, 6.07) is 0. The van der Waals surface area contributed by atoms with Crippen LogP contribution in [0.2, 0.25) is 0 Å². The van der Waals surface area contributed by atoms with E-state index in [1.54, 1.807) is 0 Å². The van der Waals surface area contributed by atoms with Gasteiger partial charge in [0.25, 0.3) is 0 Å². The van der Waals surface area contributed by atoms with Crippen LogP contribution in [-0.4, -0.2) is 23.6 Å². The average molecular weight is 270 g/mol. The molecule has 0 aliphatic heterocycles. The first kappa shape index (κ1) is 15.2. The lowest BCUT2D eigenvalue weighted by molar-refractivity contribution is 0.418. The van der Waals surface area contributed by atoms with E-state index in [2.05, 4.69) is 56.5 Å². The smallest absolute Gasteiger partial charge is 0.131 e. The zero-order valence-corrected chi connectivity index (χ0v) is 13.0. The topological polar surface area (TPSA) is 29.0 Å². The molecule has 0 unspecified atom stereocenters. The molecule has 0 aromatic carbocycles. The van der Waals surface area contributed by atoms with E-state index < -0.39 is 0 Å². The van der Waals surface area contributed by atoms with E-state index >= 15 is 0 Å². The molecule has 0 atom stereocenters. The number of anilines is 1. The van der Waals surface area contributed by atoms with Crippen LogP contribution in [-0.2, 0) is 5.88 Å². The van der Waals surface area contributed by atoms with E-state index in [1.165, 1.54) is 0 Å². The maximum Gasteiger partial charge on any atom is 0.131 e. The van der Waals surface area contributed by atoms with Gasteiger partial charge in [-0.2, -0.15) is 0 Å². The van der Waals surface area contributed by atoms with Crippen LogP contribution in [0.15, 0.2) is 6.20 Å². The van der Waals surface area contributed by atoms with Gasteiger partial charge < -0.3 is 4.90 Å². The quantitative estimate of drug-likeness (QED) is 0.778. The molecule has 0 spiro atoms. The van der Waals surface area contributed by atoms with Crippen LogP contribution in [0.5, 0.6) is 0 Å². The Balaban J connectivity index is 3.02. The summed E-state index contributed by atoms with van der Waals surface area (Å²) in [5.74, 6) is 1.61. The Kier molecular flexibility index (Phi) is 4.97. The highest BCUT2D eigenvalue weighted by molar-refractivity contribution is 6.17. The van der Waals surface area contributed by atoms with Crippen LogP contribution in [0, 0.1) is 5.41 Å². The van der Waals surface area contributed by atoms with E-state index in [4.69, 9.17) is 11.6 Å². The molecule has 4 heteroatoms. The number of hydrogen-bond donors (Lipinski definition) is 0. The Morgan fingerprint density at radius 1 is 1.33 bits per heavy atom. The number of nitrogens with zero attached hydrogens (tertiary/aromatic N) is 3. The molecular formula is C14H24ClN3. The lowest BCUT2D eigenvalue weighted by Crippen LogP contribution is -2.30. The molecule has 102 valence electrons. The molecule has 0 bridgehead atoms. The molecular weight excluding hydrogens is 246 g/mol. The highest BCUT2D eigenvalue weighted by Crippen LogP contribution is 2.24. The second-order valence-electron chi connectivity index (χ2n) is 6.27. The number of halogens is 1. The molecule has 0 fully saturated rings. The average Bonchev–Trinajstić information content (AvgIpc) is 2.25. The molecule has 3 nitrogen and oxygen atoms in total. The van der Waals surface area contributed by atoms with Crippen molar-refractivity contribution in [1.29, 1.82) is 0 Å². The number of rotatable bonds is 4. The van der Waals surface area contributed by atoms with Gasteiger partial charge in [0.2, 0.25) is 0 Å². The number of aromatic nitrogens is 2. The van der Waals surface area contributed by atoms with Crippen LogP contribution in [0.25, 0.3) is 0 Å². The van der Waals surface area contributed by atoms with E-state index in [-0.39, 0.29) is 5.41 Å². The first-order valence-electron chi connectivity index (χ1n) is 6.37. The Morgan fingerprint density at radius 2 is 1.94 bits per heavy atom. The molecule has 18 heavy (non-hydrogen) atoms. The lowest BCUT2D eigenvalue weighted by atomic mass is 9.96. The normalized spacial score (nSPS) is 12.0. The first-order chi connectivity index (χ1) is 8.24. The molecule has 1 heterocycles. The zero-order valence-electron chi connectivity index (χ0n) is 12.3. The van der Waals surface area contributed by atoms with Crippen LogP contribution < -0.4 is 4.90 Å². The third kappa shape index (κ3) is 4.13. The van der Waals surface area contributed by atoms with Gasteiger partial charge in [0.15, 0.2) is 0 Å². The molecule has 0 saturated carbocycles. The summed E-state index contributed by atoms with van der Waals surface area (Å²) < 4.78 is 0. The second kappa shape index (κ2) is 5.87. The molecule has 0 aliphatic carbocycles. The molecule has 1 aromatic rings. The number of alkyl halides is 1. The highest BCUT2D eigenvalue weighted by Gasteiger charge is 2.17. The minimum atomic E-state index is 0.231. The highest BCUT2D eigenvalue weighted by atomic mass is 35.5. The molecule has 1 rings (SSSR count). The summed E-state index contributed by atoms with van der Waals surface area (Å²) in [5.41, 5.74) is 2.18. The lowest BCUT2D eigenvalue weighted by Gasteiger charge is -2.29. The second-order valence-corrected chi connectivity index (χ2v) is 6.53. The number of hydrogen-bond acceptors (Lipinski definition) is 3. The van der Waals surface area contributed by atoms with Gasteiger partial charge in [0.1, 0.15) is 5.82 Å². The first-order valence-corrected chi connectivity index (χ1v) is 6.91. The fourth-order valence-electron chi connectivity index (χ4n) is 1.92. The van der Waals surface area contributed by atoms with E-state index in [9.17, 15) is 0 Å². The molecule has 1 aromatic heterocycles. The van der Waals surface area contributed by atoms with Crippen molar-refractivity contribution in [1.82, 2.24) is 9.97 Å². The van der Waals surface area contributed by atoms with Gasteiger partial charge in [-0.25, -0.2) is 9.97 Å². The predicted molar refractivity (Wildman–Crippen MR) is 78.4 cm³/mol. The third-order valence-corrected chi connectivity index (χ3v) is 2.88. The van der Waals surface area contributed by atoms with Crippen molar-refractivity contribution in [3.8, 4) is 0 Å². The monoisotopic (exact) mass is 269 g/mol. The van der Waals surface area contributed by atoms with Gasteiger partial charge in [0.05, 0.1) is 23.5 Å². The maximum atomic E-state index is 6.01. The van der Waals surface area contributed by atoms with Gasteiger partial charge in [-0.15, -0.1) is 11.6 Å². The van der Waals surface area contributed by atoms with Crippen molar-refractivity contribution in [2.45, 2.75) is 46.4 Å². The summed E-state index contributed by atoms with van der Waals surface area (Å²) >= 11 is 6.01. The molecule has 0 radical (unpaired) electrons. The fraction of sp³-hybridized carbons (Fsp3) is 0.714. The van der Waals surface area contributed by atoms with Crippen molar-refractivity contribution < 1.29 is 0 Å². The Bertz CT molecular complexity index is 397. The Morgan fingerprint density at radius 3 is 2.39 bits per heavy atom. The van der Waals surface area contributed by atoms with Crippen molar-refractivity contribution in [2.75, 3.05) is 18.5 Å². The van der Waals surface area contributed by atoms with Crippen molar-refractivity contribution in [3.63, 3.8) is 0 Å². The summed E-state index contributed by atoms with van der Waals surface area (Å²) in [5, 5.41) is 0. The van der Waals surface area contributed by atoms with Crippen LogP contribution in [0.4, 0.5) is 5.69 Å². The zero-order chi connectivity index (χ0) is 13.9. The van der Waals surface area contributed by atoms with E-state index in [0.29, 0.717) is 11.8 Å². The summed E-state index contributed by atoms with van der Waals surface area (Å²) in [6.45, 7) is 11.8. The molecule has 0 aliphatic rings. The predicted octanol–water partition coefficient (Wildman–Crippen LogP) is 3.82. The minimum absolute atomic E-state index is 0.231. The summed E-state index contributed by atoms with van der Waals surface area (Å²) in [4.78, 5) is 11.2. The van der Waals surface area contributed by atoms with Gasteiger partial charge in [-0.05, 0) is 5.41 Å². The Hall–Kier alpha value is -0.830. The van der Waals surface area contributed by atoms with Crippen LogP contribution >= 0.6 is 11.6 Å². The summed E-state index contributed by atoms with van der Waals surface area (Å²) in [6.07, 6.45) is 1.89. The van der Waals surface area contributed by atoms with Gasteiger partial charge in [0, 0.05) is 19.5 Å². The van der Waals surface area contributed by atoms with E-state index in [1.807, 2.05) is 6.20 Å². The van der Waals surface area contributed by atoms with Crippen LogP contribution in [0.3, 0.4) is 0 Å². The third-order valence-electron chi connectivity index (χ3n) is 2.63. The minimum Gasteiger partial charge on any atom is -0.371 e.